The van der Waals surface area contributed by atoms with Gasteiger partial charge in [-0.3, -0.25) is 19.2 Å². The summed E-state index contributed by atoms with van der Waals surface area (Å²) in [4.78, 5) is 53.4. The van der Waals surface area contributed by atoms with Gasteiger partial charge in [0.15, 0.2) is 0 Å². The Balaban J connectivity index is 1.27. The summed E-state index contributed by atoms with van der Waals surface area (Å²) in [6, 6.07) is 7.09. The Labute approximate surface area is 204 Å². The van der Waals surface area contributed by atoms with E-state index < -0.39 is 11.8 Å². The van der Waals surface area contributed by atoms with Crippen molar-refractivity contribution in [3.63, 3.8) is 0 Å². The molecule has 9 nitrogen and oxygen atoms in total. The maximum atomic E-state index is 12.6. The number of anilines is 2. The number of aryl methyl sites for hydroxylation is 1. The average molecular weight is 481 g/mol. The maximum Gasteiger partial charge on any atom is 0.313 e. The van der Waals surface area contributed by atoms with Crippen LogP contribution < -0.4 is 15.5 Å². The standard InChI is InChI=1S/C26H32N4O5/c1-17(2)25(33)30-10-3-4-19-5-6-21(14-22(19)30)28-24(32)23(31)27-15-18-7-11-29(12-8-18)26(34)20-9-13-35-16-20/h5-6,9,13-14,16-18H,3-4,7-8,10-12,15H2,1-2H3,(H,27,31)(H,28,32). The lowest BCUT2D eigenvalue weighted by Gasteiger charge is -2.32. The van der Waals surface area contributed by atoms with Gasteiger partial charge in [0.2, 0.25) is 5.91 Å². The number of hydrogen-bond donors (Lipinski definition) is 2. The number of rotatable bonds is 5. The highest BCUT2D eigenvalue weighted by atomic mass is 16.3. The van der Waals surface area contributed by atoms with E-state index in [-0.39, 0.29) is 23.7 Å². The van der Waals surface area contributed by atoms with Gasteiger partial charge in [-0.1, -0.05) is 19.9 Å². The predicted molar refractivity (Wildman–Crippen MR) is 131 cm³/mol. The van der Waals surface area contributed by atoms with Gasteiger partial charge in [0, 0.05) is 43.5 Å². The molecular formula is C26H32N4O5. The molecule has 1 aromatic carbocycles. The molecule has 3 heterocycles. The van der Waals surface area contributed by atoms with Crippen LogP contribution in [0.4, 0.5) is 11.4 Å². The van der Waals surface area contributed by atoms with E-state index in [2.05, 4.69) is 10.6 Å². The molecule has 4 rings (SSSR count). The fourth-order valence-electron chi connectivity index (χ4n) is 4.61. The Morgan fingerprint density at radius 2 is 1.83 bits per heavy atom. The third-order valence-electron chi connectivity index (χ3n) is 6.65. The van der Waals surface area contributed by atoms with E-state index in [4.69, 9.17) is 4.42 Å². The van der Waals surface area contributed by atoms with Crippen molar-refractivity contribution in [3.05, 3.63) is 47.9 Å². The second-order valence-electron chi connectivity index (χ2n) is 9.50. The minimum absolute atomic E-state index is 0.0460. The second kappa shape index (κ2) is 10.8. The van der Waals surface area contributed by atoms with Gasteiger partial charge in [-0.15, -0.1) is 0 Å². The number of carbonyl (C=O) groups is 4. The molecule has 1 fully saturated rings. The first-order valence-electron chi connectivity index (χ1n) is 12.2. The van der Waals surface area contributed by atoms with Crippen molar-refractivity contribution in [1.29, 1.82) is 0 Å². The lowest BCUT2D eigenvalue weighted by molar-refractivity contribution is -0.136. The molecule has 9 heteroatoms. The normalized spacial score (nSPS) is 16.1. The van der Waals surface area contributed by atoms with Gasteiger partial charge in [0.1, 0.15) is 6.26 Å². The molecule has 2 aromatic rings. The molecule has 186 valence electrons. The van der Waals surface area contributed by atoms with Gasteiger partial charge in [-0.2, -0.15) is 0 Å². The highest BCUT2D eigenvalue weighted by Gasteiger charge is 2.27. The zero-order chi connectivity index (χ0) is 24.9. The quantitative estimate of drug-likeness (QED) is 0.639. The molecule has 4 amide bonds. The third kappa shape index (κ3) is 5.72. The largest absolute Gasteiger partial charge is 0.472 e. The van der Waals surface area contributed by atoms with Crippen molar-refractivity contribution in [1.82, 2.24) is 10.2 Å². The molecule has 0 saturated carbocycles. The van der Waals surface area contributed by atoms with Crippen LogP contribution in [0.2, 0.25) is 0 Å². The number of likely N-dealkylation sites (tertiary alicyclic amines) is 1. The Hall–Kier alpha value is -3.62. The summed E-state index contributed by atoms with van der Waals surface area (Å²) in [5, 5.41) is 5.37. The minimum atomic E-state index is -0.741. The highest BCUT2D eigenvalue weighted by Crippen LogP contribution is 2.31. The molecule has 0 aliphatic carbocycles. The van der Waals surface area contributed by atoms with Gasteiger partial charge in [0.25, 0.3) is 5.91 Å². The molecule has 1 saturated heterocycles. The molecule has 2 N–H and O–H groups in total. The van der Waals surface area contributed by atoms with E-state index in [1.165, 1.54) is 12.5 Å². The fraction of sp³-hybridized carbons (Fsp3) is 0.462. The van der Waals surface area contributed by atoms with Crippen molar-refractivity contribution in [2.24, 2.45) is 11.8 Å². The summed E-state index contributed by atoms with van der Waals surface area (Å²) in [5.74, 6) is -1.38. The van der Waals surface area contributed by atoms with Crippen LogP contribution in [0.5, 0.6) is 0 Å². The number of carbonyl (C=O) groups excluding carboxylic acids is 4. The van der Waals surface area contributed by atoms with Gasteiger partial charge >= 0.3 is 11.8 Å². The molecule has 1 aromatic heterocycles. The molecule has 0 bridgehead atoms. The van der Waals surface area contributed by atoms with Crippen molar-refractivity contribution in [3.8, 4) is 0 Å². The minimum Gasteiger partial charge on any atom is -0.472 e. The average Bonchev–Trinajstić information content (AvgIpc) is 3.41. The number of fused-ring (bicyclic) bond motifs is 1. The van der Waals surface area contributed by atoms with Crippen LogP contribution in [0.25, 0.3) is 0 Å². The van der Waals surface area contributed by atoms with E-state index >= 15 is 0 Å². The van der Waals surface area contributed by atoms with Crippen LogP contribution in [-0.4, -0.2) is 54.7 Å². The van der Waals surface area contributed by atoms with E-state index in [1.807, 2.05) is 19.9 Å². The summed E-state index contributed by atoms with van der Waals surface area (Å²) >= 11 is 0. The first-order valence-corrected chi connectivity index (χ1v) is 12.2. The first-order chi connectivity index (χ1) is 16.8. The predicted octanol–water partition coefficient (Wildman–Crippen LogP) is 2.82. The topological polar surface area (TPSA) is 112 Å². The van der Waals surface area contributed by atoms with Crippen molar-refractivity contribution in [2.75, 3.05) is 36.4 Å². The third-order valence-corrected chi connectivity index (χ3v) is 6.65. The molecular weight excluding hydrogens is 448 g/mol. The van der Waals surface area contributed by atoms with E-state index in [0.29, 0.717) is 37.4 Å². The number of nitrogens with one attached hydrogen (secondary N) is 2. The summed E-state index contributed by atoms with van der Waals surface area (Å²) in [5.41, 5.74) is 2.88. The van der Waals surface area contributed by atoms with Crippen LogP contribution in [0.15, 0.2) is 41.2 Å². The van der Waals surface area contributed by atoms with E-state index in [0.717, 1.165) is 36.9 Å². The summed E-state index contributed by atoms with van der Waals surface area (Å²) < 4.78 is 4.98. The lowest BCUT2D eigenvalue weighted by Crippen LogP contribution is -2.43. The molecule has 0 radical (unpaired) electrons. The number of benzene rings is 1. The molecule has 2 aliphatic rings. The van der Waals surface area contributed by atoms with Crippen LogP contribution in [0, 0.1) is 11.8 Å². The van der Waals surface area contributed by atoms with Crippen molar-refractivity contribution < 1.29 is 23.6 Å². The molecule has 35 heavy (non-hydrogen) atoms. The zero-order valence-electron chi connectivity index (χ0n) is 20.2. The smallest absolute Gasteiger partial charge is 0.313 e. The highest BCUT2D eigenvalue weighted by molar-refractivity contribution is 6.39. The number of furan rings is 1. The molecule has 0 atom stereocenters. The zero-order valence-corrected chi connectivity index (χ0v) is 20.2. The Bertz CT molecular complexity index is 1090. The van der Waals surface area contributed by atoms with Gasteiger partial charge in [-0.25, -0.2) is 0 Å². The second-order valence-corrected chi connectivity index (χ2v) is 9.50. The van der Waals surface area contributed by atoms with Gasteiger partial charge < -0.3 is 24.9 Å². The van der Waals surface area contributed by atoms with Gasteiger partial charge in [0.05, 0.1) is 11.8 Å². The maximum absolute atomic E-state index is 12.6. The van der Waals surface area contributed by atoms with E-state index in [1.54, 1.807) is 28.0 Å². The fourth-order valence-corrected chi connectivity index (χ4v) is 4.61. The number of nitrogens with zero attached hydrogens (tertiary/aromatic N) is 2. The SMILES string of the molecule is CC(C)C(=O)N1CCCc2ccc(NC(=O)C(=O)NCC3CCN(C(=O)c4ccoc4)CC3)cc21. The molecule has 0 unspecified atom stereocenters. The first kappa shape index (κ1) is 24.5. The van der Waals surface area contributed by atoms with Crippen LogP contribution in [0.1, 0.15) is 49.0 Å². The number of amides is 4. The molecule has 0 spiro atoms. The van der Waals surface area contributed by atoms with E-state index in [9.17, 15) is 19.2 Å². The monoisotopic (exact) mass is 480 g/mol. The summed E-state index contributed by atoms with van der Waals surface area (Å²) in [7, 11) is 0. The van der Waals surface area contributed by atoms with Gasteiger partial charge in [-0.05, 0) is 55.4 Å². The van der Waals surface area contributed by atoms with Crippen molar-refractivity contribution in [2.45, 2.75) is 39.5 Å². The number of hydrogen-bond acceptors (Lipinski definition) is 5. The van der Waals surface area contributed by atoms with Crippen molar-refractivity contribution >= 4 is 35.0 Å². The van der Waals surface area contributed by atoms with Crippen LogP contribution in [-0.2, 0) is 20.8 Å². The number of piperidine rings is 1. The van der Waals surface area contributed by atoms with Crippen LogP contribution >= 0.6 is 0 Å². The Kier molecular flexibility index (Phi) is 7.53. The Morgan fingerprint density at radius 1 is 1.06 bits per heavy atom. The summed E-state index contributed by atoms with van der Waals surface area (Å²) in [6.07, 6.45) is 6.18. The summed E-state index contributed by atoms with van der Waals surface area (Å²) in [6.45, 7) is 5.95. The Morgan fingerprint density at radius 3 is 2.51 bits per heavy atom. The molecule has 2 aliphatic heterocycles. The van der Waals surface area contributed by atoms with Crippen LogP contribution in [0.3, 0.4) is 0 Å². The lowest BCUT2D eigenvalue weighted by atomic mass is 9.96.